The van der Waals surface area contributed by atoms with E-state index < -0.39 is 0 Å². The zero-order valence-electron chi connectivity index (χ0n) is 11.0. The van der Waals surface area contributed by atoms with Gasteiger partial charge < -0.3 is 5.11 Å². The van der Waals surface area contributed by atoms with E-state index in [9.17, 15) is 9.50 Å². The lowest BCUT2D eigenvalue weighted by atomic mass is 9.95. The lowest BCUT2D eigenvalue weighted by Crippen LogP contribution is -2.14. The van der Waals surface area contributed by atoms with Crippen LogP contribution in [0.25, 0.3) is 0 Å². The van der Waals surface area contributed by atoms with Crippen LogP contribution in [-0.4, -0.2) is 26.5 Å². The first kappa shape index (κ1) is 13.7. The Kier molecular flexibility index (Phi) is 4.63. The molecule has 2 rings (SSSR count). The molecule has 0 bridgehead atoms. The number of nitrogens with zero attached hydrogens (tertiary/aromatic N) is 3. The molecule has 1 aromatic carbocycles. The van der Waals surface area contributed by atoms with Gasteiger partial charge >= 0.3 is 0 Å². The van der Waals surface area contributed by atoms with E-state index in [4.69, 9.17) is 0 Å². The van der Waals surface area contributed by atoms with E-state index in [1.165, 1.54) is 12.4 Å². The van der Waals surface area contributed by atoms with Crippen LogP contribution in [0.3, 0.4) is 0 Å². The summed E-state index contributed by atoms with van der Waals surface area (Å²) in [5.74, 6) is 0.202. The molecule has 0 aliphatic rings. The minimum atomic E-state index is -0.291. The van der Waals surface area contributed by atoms with Gasteiger partial charge in [0.05, 0.1) is 6.61 Å². The van der Waals surface area contributed by atoms with Gasteiger partial charge in [-0.05, 0) is 18.1 Å². The fourth-order valence-electron chi connectivity index (χ4n) is 2.14. The Morgan fingerprint density at radius 2 is 2.16 bits per heavy atom. The summed E-state index contributed by atoms with van der Waals surface area (Å²) in [5, 5.41) is 13.6. The minimum Gasteiger partial charge on any atom is -0.396 e. The fourth-order valence-corrected chi connectivity index (χ4v) is 2.14. The number of benzene rings is 1. The van der Waals surface area contributed by atoms with Crippen molar-refractivity contribution in [2.75, 3.05) is 6.61 Å². The van der Waals surface area contributed by atoms with Crippen LogP contribution in [0.4, 0.5) is 4.39 Å². The maximum absolute atomic E-state index is 13.8. The summed E-state index contributed by atoms with van der Waals surface area (Å²) in [6.45, 7) is 2.73. The molecule has 4 nitrogen and oxygen atoms in total. The van der Waals surface area contributed by atoms with Crippen molar-refractivity contribution in [1.29, 1.82) is 0 Å². The summed E-state index contributed by atoms with van der Waals surface area (Å²) < 4.78 is 15.6. The molecule has 0 radical (unpaired) electrons. The molecule has 0 saturated heterocycles. The highest BCUT2D eigenvalue weighted by Crippen LogP contribution is 2.22. The van der Waals surface area contributed by atoms with Crippen LogP contribution in [0, 0.1) is 5.82 Å². The molecule has 2 aromatic rings. The molecule has 0 saturated carbocycles. The van der Waals surface area contributed by atoms with E-state index in [0.29, 0.717) is 12.0 Å². The molecule has 1 unspecified atom stereocenters. The molecule has 5 heteroatoms. The predicted octanol–water partition coefficient (Wildman–Crippen LogP) is 2.15. The third-order valence-corrected chi connectivity index (χ3v) is 3.13. The number of aliphatic hydroxyl groups excluding tert-OH is 1. The van der Waals surface area contributed by atoms with Crippen LogP contribution < -0.4 is 0 Å². The number of aromatic nitrogens is 3. The smallest absolute Gasteiger partial charge is 0.138 e. The maximum Gasteiger partial charge on any atom is 0.138 e. The molecular weight excluding hydrogens is 245 g/mol. The second-order valence-corrected chi connectivity index (χ2v) is 4.50. The zero-order chi connectivity index (χ0) is 13.7. The summed E-state index contributed by atoms with van der Waals surface area (Å²) in [5.41, 5.74) is 0.524. The second-order valence-electron chi connectivity index (χ2n) is 4.50. The number of halogens is 1. The van der Waals surface area contributed by atoms with Gasteiger partial charge in [-0.3, -0.25) is 4.68 Å². The van der Waals surface area contributed by atoms with E-state index in [0.717, 1.165) is 18.8 Å². The van der Waals surface area contributed by atoms with Gasteiger partial charge in [-0.15, -0.1) is 0 Å². The van der Waals surface area contributed by atoms with Gasteiger partial charge in [0.25, 0.3) is 0 Å². The molecule has 1 atom stereocenters. The lowest BCUT2D eigenvalue weighted by molar-refractivity contribution is 0.259. The molecular formula is C14H18FN3O. The van der Waals surface area contributed by atoms with Crippen LogP contribution in [-0.2, 0) is 13.0 Å². The van der Waals surface area contributed by atoms with Crippen molar-refractivity contribution < 1.29 is 9.50 Å². The first-order valence-corrected chi connectivity index (χ1v) is 6.48. The molecule has 0 amide bonds. The third-order valence-electron chi connectivity index (χ3n) is 3.13. The van der Waals surface area contributed by atoms with Gasteiger partial charge in [-0.2, -0.15) is 5.10 Å². The predicted molar refractivity (Wildman–Crippen MR) is 70.2 cm³/mol. The first-order chi connectivity index (χ1) is 9.26. The first-order valence-electron chi connectivity index (χ1n) is 6.48. The number of hydrogen-bond acceptors (Lipinski definition) is 3. The molecule has 0 aliphatic heterocycles. The van der Waals surface area contributed by atoms with Crippen LogP contribution in [0.5, 0.6) is 0 Å². The average Bonchev–Trinajstić information content (AvgIpc) is 2.85. The summed E-state index contributed by atoms with van der Waals surface area (Å²) >= 11 is 0. The Balaban J connectivity index is 2.19. The van der Waals surface area contributed by atoms with Crippen molar-refractivity contribution in [2.24, 2.45) is 0 Å². The Morgan fingerprint density at radius 1 is 1.37 bits per heavy atom. The Morgan fingerprint density at radius 3 is 2.84 bits per heavy atom. The molecule has 1 N–H and O–H groups in total. The Labute approximate surface area is 111 Å². The standard InChI is InChI=1S/C14H18FN3O/c1-2-7-18-14(16-10-17-18)8-11(9-19)12-5-3-4-6-13(12)15/h3-6,10-11,19H,2,7-9H2,1H3. The molecule has 0 spiro atoms. The van der Waals surface area contributed by atoms with E-state index in [2.05, 4.69) is 17.0 Å². The van der Waals surface area contributed by atoms with Gasteiger partial charge in [0, 0.05) is 18.9 Å². The molecule has 1 aromatic heterocycles. The largest absolute Gasteiger partial charge is 0.396 e. The van der Waals surface area contributed by atoms with E-state index in [1.54, 1.807) is 18.2 Å². The number of rotatable bonds is 6. The van der Waals surface area contributed by atoms with Crippen molar-refractivity contribution in [2.45, 2.75) is 32.2 Å². The van der Waals surface area contributed by atoms with Gasteiger partial charge in [0.2, 0.25) is 0 Å². The van der Waals surface area contributed by atoms with Crippen LogP contribution in [0.1, 0.15) is 30.7 Å². The van der Waals surface area contributed by atoms with Crippen molar-refractivity contribution in [3.8, 4) is 0 Å². The highest BCUT2D eigenvalue weighted by molar-refractivity contribution is 5.22. The SMILES string of the molecule is CCCn1ncnc1CC(CO)c1ccccc1F. The molecule has 19 heavy (non-hydrogen) atoms. The lowest BCUT2D eigenvalue weighted by Gasteiger charge is -2.15. The normalized spacial score (nSPS) is 12.6. The number of hydrogen-bond donors (Lipinski definition) is 1. The summed E-state index contributed by atoms with van der Waals surface area (Å²) in [6.07, 6.45) is 2.94. The quantitative estimate of drug-likeness (QED) is 0.868. The Bertz CT molecular complexity index is 527. The summed E-state index contributed by atoms with van der Waals surface area (Å²) in [4.78, 5) is 4.20. The van der Waals surface area contributed by atoms with Crippen LogP contribution in [0.2, 0.25) is 0 Å². The summed E-state index contributed by atoms with van der Waals surface area (Å²) in [7, 11) is 0. The van der Waals surface area contributed by atoms with Crippen LogP contribution in [0.15, 0.2) is 30.6 Å². The number of aliphatic hydroxyl groups is 1. The van der Waals surface area contributed by atoms with E-state index >= 15 is 0 Å². The molecule has 102 valence electrons. The van der Waals surface area contributed by atoms with Gasteiger partial charge in [-0.1, -0.05) is 25.1 Å². The van der Waals surface area contributed by atoms with Gasteiger partial charge in [0.15, 0.2) is 0 Å². The van der Waals surface area contributed by atoms with Crippen molar-refractivity contribution in [3.63, 3.8) is 0 Å². The molecule has 0 fully saturated rings. The maximum atomic E-state index is 13.8. The second kappa shape index (κ2) is 6.43. The summed E-state index contributed by atoms with van der Waals surface area (Å²) in [6, 6.07) is 6.54. The monoisotopic (exact) mass is 263 g/mol. The zero-order valence-corrected chi connectivity index (χ0v) is 11.0. The highest BCUT2D eigenvalue weighted by atomic mass is 19.1. The van der Waals surface area contributed by atoms with Crippen LogP contribution >= 0.6 is 0 Å². The molecule has 1 heterocycles. The van der Waals surface area contributed by atoms with Crippen molar-refractivity contribution >= 4 is 0 Å². The molecule has 0 aliphatic carbocycles. The van der Waals surface area contributed by atoms with Crippen molar-refractivity contribution in [1.82, 2.24) is 14.8 Å². The average molecular weight is 263 g/mol. The van der Waals surface area contributed by atoms with Gasteiger partial charge in [-0.25, -0.2) is 9.37 Å². The topological polar surface area (TPSA) is 50.9 Å². The fraction of sp³-hybridized carbons (Fsp3) is 0.429. The third kappa shape index (κ3) is 3.17. The highest BCUT2D eigenvalue weighted by Gasteiger charge is 2.18. The number of aryl methyl sites for hydroxylation is 1. The van der Waals surface area contributed by atoms with E-state index in [-0.39, 0.29) is 18.3 Å². The van der Waals surface area contributed by atoms with Gasteiger partial charge in [0.1, 0.15) is 18.0 Å². The van der Waals surface area contributed by atoms with Crippen molar-refractivity contribution in [3.05, 3.63) is 47.8 Å². The minimum absolute atomic E-state index is 0.111. The Hall–Kier alpha value is -1.75. The van der Waals surface area contributed by atoms with E-state index in [1.807, 2.05) is 4.68 Å².